The lowest BCUT2D eigenvalue weighted by Crippen LogP contribution is -2.48. The standard InChI is InChI=1S/C15H20FN3O2S.ClH/c1-2-19(15(21)13-9-22-10-18-13)8-14(20)17-7-11-3-5-12(16)6-4-11;/h3-6,13,18H,2,7-10H2,1H3,(H,17,20);1H/t13-;/m1./s1. The SMILES string of the molecule is CCN(CC(=O)NCc1ccc(F)cc1)C(=O)[C@H]1CSCN1.Cl. The maximum atomic E-state index is 12.8. The number of carbonyl (C=O) groups excluding carboxylic acids is 2. The van der Waals surface area contributed by atoms with Gasteiger partial charge in [0, 0.05) is 24.7 Å². The zero-order valence-electron chi connectivity index (χ0n) is 12.9. The van der Waals surface area contributed by atoms with E-state index in [1.165, 1.54) is 12.1 Å². The number of rotatable bonds is 6. The third-order valence-electron chi connectivity index (χ3n) is 3.45. The predicted octanol–water partition coefficient (Wildman–Crippen LogP) is 1.37. The molecule has 1 heterocycles. The summed E-state index contributed by atoms with van der Waals surface area (Å²) in [5.74, 6) is 0.950. The van der Waals surface area contributed by atoms with Crippen molar-refractivity contribution < 1.29 is 14.0 Å². The molecule has 0 unspecified atom stereocenters. The Morgan fingerprint density at radius 3 is 2.65 bits per heavy atom. The first-order valence-electron chi connectivity index (χ1n) is 7.21. The van der Waals surface area contributed by atoms with Crippen molar-refractivity contribution >= 4 is 36.0 Å². The lowest BCUT2D eigenvalue weighted by molar-refractivity contribution is -0.137. The number of benzene rings is 1. The summed E-state index contributed by atoms with van der Waals surface area (Å²) in [6.07, 6.45) is 0. The molecule has 8 heteroatoms. The Labute approximate surface area is 145 Å². The van der Waals surface area contributed by atoms with Crippen LogP contribution in [0.15, 0.2) is 24.3 Å². The zero-order valence-corrected chi connectivity index (χ0v) is 14.5. The van der Waals surface area contributed by atoms with Crippen molar-refractivity contribution in [3.05, 3.63) is 35.6 Å². The second kappa shape index (κ2) is 9.75. The van der Waals surface area contributed by atoms with Crippen LogP contribution in [0.2, 0.25) is 0 Å². The molecule has 23 heavy (non-hydrogen) atoms. The zero-order chi connectivity index (χ0) is 15.9. The number of amides is 2. The average Bonchev–Trinajstić information content (AvgIpc) is 3.06. The van der Waals surface area contributed by atoms with Crippen LogP contribution >= 0.6 is 24.2 Å². The fourth-order valence-corrected chi connectivity index (χ4v) is 3.08. The third kappa shape index (κ3) is 6.01. The van der Waals surface area contributed by atoms with Gasteiger partial charge in [0.05, 0.1) is 12.6 Å². The Hall–Kier alpha value is -1.31. The van der Waals surface area contributed by atoms with Crippen molar-refractivity contribution in [2.24, 2.45) is 0 Å². The molecule has 128 valence electrons. The Morgan fingerprint density at radius 1 is 1.39 bits per heavy atom. The van der Waals surface area contributed by atoms with E-state index in [0.29, 0.717) is 13.1 Å². The van der Waals surface area contributed by atoms with Gasteiger partial charge in [0.2, 0.25) is 11.8 Å². The summed E-state index contributed by atoms with van der Waals surface area (Å²) in [7, 11) is 0. The minimum atomic E-state index is -0.306. The number of likely N-dealkylation sites (N-methyl/N-ethyl adjacent to an activating group) is 1. The molecule has 1 fully saturated rings. The average molecular weight is 362 g/mol. The van der Waals surface area contributed by atoms with Gasteiger partial charge in [0.25, 0.3) is 0 Å². The van der Waals surface area contributed by atoms with Crippen molar-refractivity contribution in [1.29, 1.82) is 0 Å². The van der Waals surface area contributed by atoms with Crippen molar-refractivity contribution in [2.45, 2.75) is 19.5 Å². The molecule has 1 aliphatic heterocycles. The van der Waals surface area contributed by atoms with Gasteiger partial charge in [-0.15, -0.1) is 24.2 Å². The number of nitrogens with zero attached hydrogens (tertiary/aromatic N) is 1. The highest BCUT2D eigenvalue weighted by molar-refractivity contribution is 7.99. The number of hydrogen-bond acceptors (Lipinski definition) is 4. The van der Waals surface area contributed by atoms with Crippen molar-refractivity contribution in [3.8, 4) is 0 Å². The Bertz CT molecular complexity index is 524. The van der Waals surface area contributed by atoms with Crippen LogP contribution in [0.3, 0.4) is 0 Å². The van der Waals surface area contributed by atoms with E-state index in [0.717, 1.165) is 17.2 Å². The molecule has 0 aliphatic carbocycles. The van der Waals surface area contributed by atoms with Gasteiger partial charge in [-0.25, -0.2) is 4.39 Å². The van der Waals surface area contributed by atoms with Gasteiger partial charge < -0.3 is 10.2 Å². The molecule has 1 aliphatic rings. The summed E-state index contributed by atoms with van der Waals surface area (Å²) >= 11 is 1.68. The summed E-state index contributed by atoms with van der Waals surface area (Å²) in [5, 5.41) is 5.86. The second-order valence-electron chi connectivity index (χ2n) is 5.03. The van der Waals surface area contributed by atoms with Crippen molar-refractivity contribution in [3.63, 3.8) is 0 Å². The largest absolute Gasteiger partial charge is 0.350 e. The van der Waals surface area contributed by atoms with Crippen LogP contribution < -0.4 is 10.6 Å². The molecule has 2 N–H and O–H groups in total. The van der Waals surface area contributed by atoms with Crippen molar-refractivity contribution in [2.75, 3.05) is 24.7 Å². The first-order valence-corrected chi connectivity index (χ1v) is 8.36. The molecule has 1 aromatic carbocycles. The van der Waals surface area contributed by atoms with Gasteiger partial charge in [0.15, 0.2) is 0 Å². The van der Waals surface area contributed by atoms with Gasteiger partial charge in [-0.05, 0) is 24.6 Å². The van der Waals surface area contributed by atoms with E-state index in [-0.39, 0.29) is 42.6 Å². The molecular formula is C15H21ClFN3O2S. The normalized spacial score (nSPS) is 16.5. The van der Waals surface area contributed by atoms with Crippen LogP contribution in [0.5, 0.6) is 0 Å². The van der Waals surface area contributed by atoms with Crippen molar-refractivity contribution in [1.82, 2.24) is 15.5 Å². The highest BCUT2D eigenvalue weighted by Gasteiger charge is 2.27. The quantitative estimate of drug-likeness (QED) is 0.803. The van der Waals surface area contributed by atoms with Crippen LogP contribution in [-0.2, 0) is 16.1 Å². The Morgan fingerprint density at radius 2 is 2.09 bits per heavy atom. The van der Waals surface area contributed by atoms with Gasteiger partial charge in [-0.1, -0.05) is 12.1 Å². The van der Waals surface area contributed by atoms with E-state index in [1.807, 2.05) is 6.92 Å². The summed E-state index contributed by atoms with van der Waals surface area (Å²) in [4.78, 5) is 25.8. The van der Waals surface area contributed by atoms with E-state index in [2.05, 4.69) is 10.6 Å². The Balaban J connectivity index is 0.00000264. The number of halogens is 2. The van der Waals surface area contributed by atoms with Gasteiger partial charge in [0.1, 0.15) is 5.82 Å². The van der Waals surface area contributed by atoms with Crippen LogP contribution in [-0.4, -0.2) is 47.5 Å². The van der Waals surface area contributed by atoms with Crippen LogP contribution in [0.4, 0.5) is 4.39 Å². The van der Waals surface area contributed by atoms with Gasteiger partial charge >= 0.3 is 0 Å². The number of nitrogens with one attached hydrogen (secondary N) is 2. The van der Waals surface area contributed by atoms with E-state index in [1.54, 1.807) is 28.8 Å². The maximum Gasteiger partial charge on any atom is 0.241 e. The minimum Gasteiger partial charge on any atom is -0.350 e. The highest BCUT2D eigenvalue weighted by atomic mass is 35.5. The van der Waals surface area contributed by atoms with Crippen LogP contribution in [0.1, 0.15) is 12.5 Å². The number of carbonyl (C=O) groups is 2. The highest BCUT2D eigenvalue weighted by Crippen LogP contribution is 2.11. The summed E-state index contributed by atoms with van der Waals surface area (Å²) in [6.45, 7) is 2.71. The fraction of sp³-hybridized carbons (Fsp3) is 0.467. The molecule has 2 rings (SSSR count). The first kappa shape index (κ1) is 19.7. The summed E-state index contributed by atoms with van der Waals surface area (Å²) in [5.41, 5.74) is 0.818. The maximum absolute atomic E-state index is 12.8. The van der Waals surface area contributed by atoms with Crippen LogP contribution in [0, 0.1) is 5.82 Å². The van der Waals surface area contributed by atoms with Crippen LogP contribution in [0.25, 0.3) is 0 Å². The molecule has 5 nitrogen and oxygen atoms in total. The summed E-state index contributed by atoms with van der Waals surface area (Å²) < 4.78 is 12.8. The molecule has 1 aromatic rings. The van der Waals surface area contributed by atoms with Gasteiger partial charge in [-0.2, -0.15) is 0 Å². The smallest absolute Gasteiger partial charge is 0.241 e. The van der Waals surface area contributed by atoms with E-state index >= 15 is 0 Å². The molecule has 0 spiro atoms. The lowest BCUT2D eigenvalue weighted by Gasteiger charge is -2.23. The fourth-order valence-electron chi connectivity index (χ4n) is 2.15. The Kier molecular flexibility index (Phi) is 8.36. The third-order valence-corrected chi connectivity index (χ3v) is 4.39. The first-order chi connectivity index (χ1) is 10.6. The van der Waals surface area contributed by atoms with E-state index in [4.69, 9.17) is 0 Å². The molecule has 0 saturated carbocycles. The van der Waals surface area contributed by atoms with E-state index < -0.39 is 0 Å². The molecule has 0 aromatic heterocycles. The topological polar surface area (TPSA) is 61.4 Å². The summed E-state index contributed by atoms with van der Waals surface area (Å²) in [6, 6.07) is 5.75. The molecule has 2 amide bonds. The molecule has 1 atom stereocenters. The lowest BCUT2D eigenvalue weighted by atomic mass is 10.2. The van der Waals surface area contributed by atoms with Gasteiger partial charge in [-0.3, -0.25) is 14.9 Å². The monoisotopic (exact) mass is 361 g/mol. The predicted molar refractivity (Wildman–Crippen MR) is 92.0 cm³/mol. The molecule has 0 bridgehead atoms. The molecular weight excluding hydrogens is 341 g/mol. The number of hydrogen-bond donors (Lipinski definition) is 2. The number of thioether (sulfide) groups is 1. The van der Waals surface area contributed by atoms with E-state index in [9.17, 15) is 14.0 Å². The second-order valence-corrected chi connectivity index (χ2v) is 6.06. The molecule has 1 saturated heterocycles. The minimum absolute atomic E-state index is 0. The molecule has 0 radical (unpaired) electrons.